The van der Waals surface area contributed by atoms with Crippen LogP contribution < -0.4 is 0 Å². The van der Waals surface area contributed by atoms with E-state index in [0.717, 1.165) is 0 Å². The zero-order valence-corrected chi connectivity index (χ0v) is 12.8. The second-order valence-corrected chi connectivity index (χ2v) is 5.44. The molecule has 0 spiro atoms. The predicted molar refractivity (Wildman–Crippen MR) is 81.1 cm³/mol. The summed E-state index contributed by atoms with van der Waals surface area (Å²) in [6.45, 7) is 2.03. The van der Waals surface area contributed by atoms with E-state index in [1.807, 2.05) is 0 Å². The fourth-order valence-corrected chi connectivity index (χ4v) is 2.41. The van der Waals surface area contributed by atoms with Gasteiger partial charge in [0.15, 0.2) is 10.9 Å². The Bertz CT molecular complexity index is 640. The van der Waals surface area contributed by atoms with Gasteiger partial charge in [-0.3, -0.25) is 4.79 Å². The monoisotopic (exact) mass is 324 g/mol. The largest absolute Gasteiger partial charge is 0.461 e. The van der Waals surface area contributed by atoms with Crippen molar-refractivity contribution in [2.75, 3.05) is 12.4 Å². The number of nitrogens with zero attached hydrogens (tertiary/aromatic N) is 1. The van der Waals surface area contributed by atoms with Crippen molar-refractivity contribution in [2.24, 2.45) is 0 Å². The number of imidazole rings is 1. The Balaban J connectivity index is 1.92. The van der Waals surface area contributed by atoms with E-state index in [0.29, 0.717) is 22.3 Å². The minimum Gasteiger partial charge on any atom is -0.461 e. The van der Waals surface area contributed by atoms with E-state index in [-0.39, 0.29) is 17.2 Å². The molecule has 0 aliphatic rings. The van der Waals surface area contributed by atoms with Gasteiger partial charge in [0.25, 0.3) is 0 Å². The number of aromatic nitrogens is 2. The molecule has 0 saturated heterocycles. The average Bonchev–Trinajstić information content (AvgIpc) is 2.95. The molecule has 2 rings (SSSR count). The number of hydrogen-bond acceptors (Lipinski definition) is 5. The first-order valence-electron chi connectivity index (χ1n) is 6.24. The highest BCUT2D eigenvalue weighted by atomic mass is 35.5. The third kappa shape index (κ3) is 4.34. The SMILES string of the molecule is CCOC(=O)c1cnc(SCC(=O)c2ccc(Cl)cc2)[nH]1. The Hall–Kier alpha value is -1.79. The highest BCUT2D eigenvalue weighted by Crippen LogP contribution is 2.17. The molecule has 0 aliphatic carbocycles. The van der Waals surface area contributed by atoms with Gasteiger partial charge in [-0.1, -0.05) is 23.4 Å². The van der Waals surface area contributed by atoms with Crippen molar-refractivity contribution >= 4 is 35.1 Å². The van der Waals surface area contributed by atoms with E-state index in [2.05, 4.69) is 9.97 Å². The van der Waals surface area contributed by atoms with Gasteiger partial charge in [-0.25, -0.2) is 9.78 Å². The first kappa shape index (κ1) is 15.6. The number of hydrogen-bond donors (Lipinski definition) is 1. The molecule has 0 aliphatic heterocycles. The number of esters is 1. The molecule has 1 N–H and O–H groups in total. The number of carbonyl (C=O) groups excluding carboxylic acids is 2. The lowest BCUT2D eigenvalue weighted by Gasteiger charge is -2.00. The lowest BCUT2D eigenvalue weighted by Crippen LogP contribution is -2.05. The number of rotatable bonds is 6. The van der Waals surface area contributed by atoms with Gasteiger partial charge in [-0.2, -0.15) is 0 Å². The van der Waals surface area contributed by atoms with Gasteiger partial charge in [0.05, 0.1) is 18.6 Å². The summed E-state index contributed by atoms with van der Waals surface area (Å²) in [5, 5.41) is 1.09. The van der Waals surface area contributed by atoms with E-state index in [9.17, 15) is 9.59 Å². The van der Waals surface area contributed by atoms with Crippen LogP contribution in [0.2, 0.25) is 5.02 Å². The topological polar surface area (TPSA) is 72.0 Å². The van der Waals surface area contributed by atoms with Crippen molar-refractivity contribution in [3.8, 4) is 0 Å². The maximum Gasteiger partial charge on any atom is 0.356 e. The Labute approximate surface area is 131 Å². The van der Waals surface area contributed by atoms with Gasteiger partial charge in [0, 0.05) is 10.6 Å². The summed E-state index contributed by atoms with van der Waals surface area (Å²) in [5.74, 6) is -0.274. The van der Waals surface area contributed by atoms with Crippen LogP contribution in [-0.2, 0) is 4.74 Å². The molecule has 21 heavy (non-hydrogen) atoms. The van der Waals surface area contributed by atoms with Crippen molar-refractivity contribution < 1.29 is 14.3 Å². The number of aromatic amines is 1. The van der Waals surface area contributed by atoms with Crippen LogP contribution in [0.4, 0.5) is 0 Å². The van der Waals surface area contributed by atoms with Crippen LogP contribution in [0.1, 0.15) is 27.8 Å². The molecule has 0 bridgehead atoms. The van der Waals surface area contributed by atoms with Gasteiger partial charge in [-0.05, 0) is 31.2 Å². The van der Waals surface area contributed by atoms with Crippen molar-refractivity contribution in [3.05, 3.63) is 46.7 Å². The summed E-state index contributed by atoms with van der Waals surface area (Å²) in [5.41, 5.74) is 0.863. The van der Waals surface area contributed by atoms with Crippen molar-refractivity contribution in [3.63, 3.8) is 0 Å². The summed E-state index contributed by atoms with van der Waals surface area (Å²) in [7, 11) is 0. The second kappa shape index (κ2) is 7.28. The lowest BCUT2D eigenvalue weighted by atomic mass is 10.1. The van der Waals surface area contributed by atoms with Crippen molar-refractivity contribution in [2.45, 2.75) is 12.1 Å². The molecular weight excluding hydrogens is 312 g/mol. The first-order valence-corrected chi connectivity index (χ1v) is 7.60. The quantitative estimate of drug-likeness (QED) is 0.502. The highest BCUT2D eigenvalue weighted by molar-refractivity contribution is 7.99. The highest BCUT2D eigenvalue weighted by Gasteiger charge is 2.12. The third-order valence-electron chi connectivity index (χ3n) is 2.55. The van der Waals surface area contributed by atoms with Gasteiger partial charge in [0.1, 0.15) is 5.69 Å². The zero-order chi connectivity index (χ0) is 15.2. The van der Waals surface area contributed by atoms with Gasteiger partial charge >= 0.3 is 5.97 Å². The fraction of sp³-hybridized carbons (Fsp3) is 0.214. The van der Waals surface area contributed by atoms with E-state index in [1.165, 1.54) is 18.0 Å². The molecule has 0 unspecified atom stereocenters. The van der Waals surface area contributed by atoms with Crippen molar-refractivity contribution in [1.29, 1.82) is 0 Å². The predicted octanol–water partition coefficient (Wildman–Crippen LogP) is 3.21. The molecule has 1 aromatic heterocycles. The lowest BCUT2D eigenvalue weighted by molar-refractivity contribution is 0.0519. The van der Waals surface area contributed by atoms with E-state index in [4.69, 9.17) is 16.3 Å². The number of nitrogens with one attached hydrogen (secondary N) is 1. The maximum absolute atomic E-state index is 12.0. The minimum absolute atomic E-state index is 0.0363. The van der Waals surface area contributed by atoms with Crippen LogP contribution in [0.3, 0.4) is 0 Å². The molecule has 0 amide bonds. The Morgan fingerprint density at radius 1 is 1.33 bits per heavy atom. The van der Waals surface area contributed by atoms with Crippen LogP contribution in [0, 0.1) is 0 Å². The fourth-order valence-electron chi connectivity index (χ4n) is 1.54. The molecule has 1 heterocycles. The minimum atomic E-state index is -0.458. The van der Waals surface area contributed by atoms with Crippen LogP contribution in [0.15, 0.2) is 35.6 Å². The molecule has 110 valence electrons. The molecule has 0 saturated carbocycles. The number of Topliss-reactive ketones (excluding diaryl/α,β-unsaturated/α-hetero) is 1. The van der Waals surface area contributed by atoms with Crippen molar-refractivity contribution in [1.82, 2.24) is 9.97 Å². The smallest absolute Gasteiger partial charge is 0.356 e. The van der Waals surface area contributed by atoms with Crippen LogP contribution in [0.5, 0.6) is 0 Å². The molecule has 0 radical (unpaired) electrons. The van der Waals surface area contributed by atoms with E-state index < -0.39 is 5.97 Å². The average molecular weight is 325 g/mol. The number of carbonyl (C=O) groups is 2. The maximum atomic E-state index is 12.0. The van der Waals surface area contributed by atoms with E-state index >= 15 is 0 Å². The number of ketones is 1. The zero-order valence-electron chi connectivity index (χ0n) is 11.3. The van der Waals surface area contributed by atoms with Crippen LogP contribution >= 0.6 is 23.4 Å². The third-order valence-corrected chi connectivity index (χ3v) is 3.69. The molecule has 5 nitrogen and oxygen atoms in total. The summed E-state index contributed by atoms with van der Waals surface area (Å²) in [6, 6.07) is 6.70. The summed E-state index contributed by atoms with van der Waals surface area (Å²) >= 11 is 7.00. The molecule has 2 aromatic rings. The van der Waals surface area contributed by atoms with Gasteiger partial charge < -0.3 is 9.72 Å². The number of ether oxygens (including phenoxy) is 1. The number of halogens is 1. The molecule has 0 fully saturated rings. The molecule has 0 atom stereocenters. The second-order valence-electron chi connectivity index (χ2n) is 4.04. The standard InChI is InChI=1S/C14H13ClN2O3S/c1-2-20-13(19)11-7-16-14(17-11)21-8-12(18)9-3-5-10(15)6-4-9/h3-7H,2,8H2,1H3,(H,16,17). The van der Waals surface area contributed by atoms with Gasteiger partial charge in [0.2, 0.25) is 0 Å². The summed E-state index contributed by atoms with van der Waals surface area (Å²) < 4.78 is 4.85. The number of H-pyrrole nitrogens is 1. The first-order chi connectivity index (χ1) is 10.1. The molecule has 1 aromatic carbocycles. The van der Waals surface area contributed by atoms with E-state index in [1.54, 1.807) is 31.2 Å². The Kier molecular flexibility index (Phi) is 5.41. The molecule has 7 heteroatoms. The Morgan fingerprint density at radius 3 is 2.71 bits per heavy atom. The molecular formula is C14H13ClN2O3S. The number of benzene rings is 1. The Morgan fingerprint density at radius 2 is 2.05 bits per heavy atom. The van der Waals surface area contributed by atoms with Crippen LogP contribution in [-0.4, -0.2) is 34.1 Å². The number of thioether (sulfide) groups is 1. The van der Waals surface area contributed by atoms with Crippen LogP contribution in [0.25, 0.3) is 0 Å². The summed E-state index contributed by atoms with van der Waals surface area (Å²) in [6.07, 6.45) is 1.40. The summed E-state index contributed by atoms with van der Waals surface area (Å²) in [4.78, 5) is 30.3. The normalized spacial score (nSPS) is 10.4. The van der Waals surface area contributed by atoms with Gasteiger partial charge in [-0.15, -0.1) is 0 Å².